The van der Waals surface area contributed by atoms with Gasteiger partial charge in [0.25, 0.3) is 0 Å². The van der Waals surface area contributed by atoms with Gasteiger partial charge in [-0.1, -0.05) is 46.4 Å². The van der Waals surface area contributed by atoms with E-state index in [1.807, 2.05) is 18.2 Å². The van der Waals surface area contributed by atoms with E-state index in [2.05, 4.69) is 40.3 Å². The molecule has 0 spiro atoms. The van der Waals surface area contributed by atoms with Crippen LogP contribution in [0.5, 0.6) is 5.75 Å². The first kappa shape index (κ1) is 19.2. The number of carbonyl (C=O) groups is 1. The minimum atomic E-state index is -0.368. The van der Waals surface area contributed by atoms with Gasteiger partial charge >= 0.3 is 5.97 Å². The molecule has 0 fully saturated rings. The van der Waals surface area contributed by atoms with E-state index in [1.54, 1.807) is 12.1 Å². The van der Waals surface area contributed by atoms with Crippen LogP contribution in [0.15, 0.2) is 43.0 Å². The molecule has 27 heavy (non-hydrogen) atoms. The zero-order chi connectivity index (χ0) is 20.0. The Morgan fingerprint density at radius 2 is 1.44 bits per heavy atom. The summed E-state index contributed by atoms with van der Waals surface area (Å²) in [5.41, 5.74) is 5.44. The molecule has 2 aromatic rings. The van der Waals surface area contributed by atoms with E-state index in [4.69, 9.17) is 4.74 Å². The number of ether oxygens (including phenoxy) is 1. The van der Waals surface area contributed by atoms with Crippen molar-refractivity contribution in [3.63, 3.8) is 0 Å². The van der Waals surface area contributed by atoms with E-state index in [9.17, 15) is 9.90 Å². The second kappa shape index (κ2) is 6.56. The van der Waals surface area contributed by atoms with Crippen LogP contribution >= 0.6 is 0 Å². The second-order valence-electron chi connectivity index (χ2n) is 8.73. The Labute approximate surface area is 161 Å². The summed E-state index contributed by atoms with van der Waals surface area (Å²) in [5.74, 6) is -0.116. The van der Waals surface area contributed by atoms with Gasteiger partial charge < -0.3 is 9.84 Å². The van der Waals surface area contributed by atoms with Gasteiger partial charge in [-0.3, -0.25) is 0 Å². The summed E-state index contributed by atoms with van der Waals surface area (Å²) < 4.78 is 4.74. The van der Waals surface area contributed by atoms with E-state index < -0.39 is 0 Å². The summed E-state index contributed by atoms with van der Waals surface area (Å²) in [7, 11) is 1.36. The van der Waals surface area contributed by atoms with Crippen molar-refractivity contribution in [3.8, 4) is 5.75 Å². The Balaban J connectivity index is 2.05. The average Bonchev–Trinajstić information content (AvgIpc) is 2.64. The fourth-order valence-corrected chi connectivity index (χ4v) is 3.93. The summed E-state index contributed by atoms with van der Waals surface area (Å²) in [6.07, 6.45) is 2.21. The zero-order valence-electron chi connectivity index (χ0n) is 16.8. The highest BCUT2D eigenvalue weighted by Crippen LogP contribution is 2.48. The van der Waals surface area contributed by atoms with Crippen LogP contribution in [0.1, 0.15) is 73.1 Å². The van der Waals surface area contributed by atoms with Crippen molar-refractivity contribution in [1.29, 1.82) is 0 Å². The molecule has 0 aliphatic heterocycles. The van der Waals surface area contributed by atoms with E-state index in [1.165, 1.54) is 18.2 Å². The van der Waals surface area contributed by atoms with Gasteiger partial charge in [0.2, 0.25) is 0 Å². The lowest BCUT2D eigenvalue weighted by Crippen LogP contribution is -2.33. The standard InChI is InChI=1S/C24H28O3/c1-15(16-7-9-17(10-8-16)22(26)27-6)18-13-19-20(14-21(18)25)24(4,5)12-11-23(19,2)3/h7-10,13-14,25H,1,11-12H2,2-6H3. The second-order valence-corrected chi connectivity index (χ2v) is 8.73. The van der Waals surface area contributed by atoms with Crippen molar-refractivity contribution >= 4 is 11.5 Å². The number of phenols is 1. The van der Waals surface area contributed by atoms with Crippen LogP contribution in [-0.2, 0) is 15.6 Å². The molecule has 0 atom stereocenters. The van der Waals surface area contributed by atoms with Crippen molar-refractivity contribution in [2.24, 2.45) is 0 Å². The van der Waals surface area contributed by atoms with Gasteiger partial charge in [-0.15, -0.1) is 0 Å². The van der Waals surface area contributed by atoms with Gasteiger partial charge in [0.1, 0.15) is 5.75 Å². The number of hydrogen-bond acceptors (Lipinski definition) is 3. The molecule has 0 unspecified atom stereocenters. The molecular formula is C24H28O3. The molecule has 3 rings (SSSR count). The fourth-order valence-electron chi connectivity index (χ4n) is 3.93. The Hall–Kier alpha value is -2.55. The highest BCUT2D eigenvalue weighted by molar-refractivity contribution is 5.90. The maximum atomic E-state index is 11.6. The monoisotopic (exact) mass is 364 g/mol. The van der Waals surface area contributed by atoms with Gasteiger partial charge in [0, 0.05) is 5.56 Å². The summed E-state index contributed by atoms with van der Waals surface area (Å²) in [4.78, 5) is 11.6. The quantitative estimate of drug-likeness (QED) is 0.722. The molecule has 0 bridgehead atoms. The molecule has 0 amide bonds. The van der Waals surface area contributed by atoms with Crippen molar-refractivity contribution in [3.05, 3.63) is 70.8 Å². The number of aromatic hydroxyl groups is 1. The van der Waals surface area contributed by atoms with Crippen molar-refractivity contribution in [1.82, 2.24) is 0 Å². The molecule has 1 aliphatic rings. The van der Waals surface area contributed by atoms with Crippen LogP contribution < -0.4 is 0 Å². The molecule has 0 aromatic heterocycles. The summed E-state index contributed by atoms with van der Waals surface area (Å²) >= 11 is 0. The van der Waals surface area contributed by atoms with Gasteiger partial charge in [-0.25, -0.2) is 4.79 Å². The molecule has 142 valence electrons. The van der Waals surface area contributed by atoms with E-state index in [0.717, 1.165) is 29.5 Å². The first-order valence-corrected chi connectivity index (χ1v) is 9.33. The molecule has 0 saturated heterocycles. The fraction of sp³-hybridized carbons (Fsp3) is 0.375. The molecular weight excluding hydrogens is 336 g/mol. The third kappa shape index (κ3) is 3.39. The van der Waals surface area contributed by atoms with Gasteiger partial charge in [-0.2, -0.15) is 0 Å². The largest absolute Gasteiger partial charge is 0.507 e. The van der Waals surface area contributed by atoms with Crippen LogP contribution in [0.4, 0.5) is 0 Å². The average molecular weight is 364 g/mol. The topological polar surface area (TPSA) is 46.5 Å². The van der Waals surface area contributed by atoms with Crippen LogP contribution in [0.2, 0.25) is 0 Å². The molecule has 3 nitrogen and oxygen atoms in total. The van der Waals surface area contributed by atoms with Crippen LogP contribution in [0.3, 0.4) is 0 Å². The Kier molecular flexibility index (Phi) is 4.67. The van der Waals surface area contributed by atoms with Gasteiger partial charge in [0.15, 0.2) is 0 Å². The molecule has 0 heterocycles. The lowest BCUT2D eigenvalue weighted by Gasteiger charge is -2.42. The molecule has 1 N–H and O–H groups in total. The van der Waals surface area contributed by atoms with Gasteiger partial charge in [-0.05, 0) is 70.2 Å². The highest BCUT2D eigenvalue weighted by Gasteiger charge is 2.37. The molecule has 2 aromatic carbocycles. The lowest BCUT2D eigenvalue weighted by molar-refractivity contribution is 0.0600. The minimum absolute atomic E-state index is 0.0460. The van der Waals surface area contributed by atoms with Crippen LogP contribution in [0, 0.1) is 0 Å². The molecule has 0 radical (unpaired) electrons. The number of phenolic OH excluding ortho intramolecular Hbond substituents is 1. The van der Waals surface area contributed by atoms with Gasteiger partial charge in [0.05, 0.1) is 12.7 Å². The zero-order valence-corrected chi connectivity index (χ0v) is 16.8. The first-order chi connectivity index (χ1) is 12.6. The number of methoxy groups -OCH3 is 1. The Morgan fingerprint density at radius 1 is 0.963 bits per heavy atom. The van der Waals surface area contributed by atoms with E-state index in [0.29, 0.717) is 5.56 Å². The predicted molar refractivity (Wildman–Crippen MR) is 109 cm³/mol. The molecule has 3 heteroatoms. The Morgan fingerprint density at radius 3 is 1.96 bits per heavy atom. The smallest absolute Gasteiger partial charge is 0.337 e. The Bertz CT molecular complexity index is 902. The number of esters is 1. The van der Waals surface area contributed by atoms with Crippen molar-refractivity contribution < 1.29 is 14.6 Å². The third-order valence-electron chi connectivity index (χ3n) is 5.95. The van der Waals surface area contributed by atoms with Crippen LogP contribution in [0.25, 0.3) is 5.57 Å². The minimum Gasteiger partial charge on any atom is -0.507 e. The molecule has 1 aliphatic carbocycles. The normalized spacial score (nSPS) is 17.1. The molecule has 0 saturated carbocycles. The van der Waals surface area contributed by atoms with E-state index >= 15 is 0 Å². The first-order valence-electron chi connectivity index (χ1n) is 9.33. The maximum absolute atomic E-state index is 11.6. The number of fused-ring (bicyclic) bond motifs is 1. The highest BCUT2D eigenvalue weighted by atomic mass is 16.5. The summed E-state index contributed by atoms with van der Waals surface area (Å²) in [6.45, 7) is 13.2. The third-order valence-corrected chi connectivity index (χ3v) is 5.95. The summed E-state index contributed by atoms with van der Waals surface area (Å²) in [6, 6.07) is 11.1. The number of rotatable bonds is 3. The van der Waals surface area contributed by atoms with Crippen molar-refractivity contribution in [2.45, 2.75) is 51.4 Å². The maximum Gasteiger partial charge on any atom is 0.337 e. The number of carbonyl (C=O) groups excluding carboxylic acids is 1. The number of hydrogen-bond donors (Lipinski definition) is 1. The van der Waals surface area contributed by atoms with Crippen LogP contribution in [-0.4, -0.2) is 18.2 Å². The van der Waals surface area contributed by atoms with E-state index in [-0.39, 0.29) is 22.5 Å². The SMILES string of the molecule is C=C(c1ccc(C(=O)OC)cc1)c1cc2c(cc1O)C(C)(C)CCC2(C)C. The van der Waals surface area contributed by atoms with Crippen molar-refractivity contribution in [2.75, 3.05) is 7.11 Å². The summed E-state index contributed by atoms with van der Waals surface area (Å²) in [5, 5.41) is 10.7. The lowest BCUT2D eigenvalue weighted by atomic mass is 9.62. The number of benzene rings is 2. The predicted octanol–water partition coefficient (Wildman–Crippen LogP) is 5.59.